The van der Waals surface area contributed by atoms with Crippen LogP contribution in [-0.4, -0.2) is 45.9 Å². The Hall–Kier alpha value is -1.44. The third-order valence-electron chi connectivity index (χ3n) is 1.93. The molecule has 6 nitrogen and oxygen atoms in total. The molecule has 0 aromatic heterocycles. The number of carbonyl (C=O) groups excluding carboxylic acids is 1. The molecule has 0 saturated carbocycles. The Labute approximate surface area is 103 Å². The van der Waals surface area contributed by atoms with Gasteiger partial charge < -0.3 is 20.3 Å². The third kappa shape index (κ3) is 4.82. The summed E-state index contributed by atoms with van der Waals surface area (Å²) in [4.78, 5) is 22.1. The molecule has 2 unspecified atom stereocenters. The highest BCUT2D eigenvalue weighted by molar-refractivity contribution is 5.81. The van der Waals surface area contributed by atoms with Crippen LogP contribution in [0.4, 0.5) is 13.6 Å². The van der Waals surface area contributed by atoms with Crippen molar-refractivity contribution >= 4 is 12.1 Å². The lowest BCUT2D eigenvalue weighted by Gasteiger charge is -2.30. The monoisotopic (exact) mass is 269 g/mol. The lowest BCUT2D eigenvalue weighted by molar-refractivity contribution is -0.158. The van der Waals surface area contributed by atoms with Crippen molar-refractivity contribution in [3.8, 4) is 0 Å². The lowest BCUT2D eigenvalue weighted by Crippen LogP contribution is -2.59. The molecule has 0 radical (unpaired) electrons. The normalized spacial score (nSPS) is 16.9. The molecule has 0 rings (SSSR count). The van der Waals surface area contributed by atoms with Gasteiger partial charge in [-0.05, 0) is 27.7 Å². The van der Waals surface area contributed by atoms with Gasteiger partial charge in [-0.2, -0.15) is 0 Å². The van der Waals surface area contributed by atoms with Crippen molar-refractivity contribution in [2.45, 2.75) is 51.4 Å². The lowest BCUT2D eigenvalue weighted by atomic mass is 9.97. The molecule has 0 fully saturated rings. The first-order valence-electron chi connectivity index (χ1n) is 5.10. The minimum atomic E-state index is -3.34. The van der Waals surface area contributed by atoms with Crippen LogP contribution in [-0.2, 0) is 9.53 Å². The van der Waals surface area contributed by atoms with E-state index in [2.05, 4.69) is 0 Å². The van der Waals surface area contributed by atoms with E-state index in [0.29, 0.717) is 6.92 Å². The van der Waals surface area contributed by atoms with Crippen LogP contribution in [0.1, 0.15) is 27.7 Å². The highest BCUT2D eigenvalue weighted by Crippen LogP contribution is 2.20. The molecule has 1 amide bonds. The van der Waals surface area contributed by atoms with Crippen molar-refractivity contribution in [1.29, 1.82) is 0 Å². The maximum absolute atomic E-state index is 12.5. The summed E-state index contributed by atoms with van der Waals surface area (Å²) in [6.45, 7) is 5.18. The van der Waals surface area contributed by atoms with Crippen LogP contribution in [0.2, 0.25) is 0 Å². The Balaban J connectivity index is 4.87. The van der Waals surface area contributed by atoms with Gasteiger partial charge in [0, 0.05) is 0 Å². The summed E-state index contributed by atoms with van der Waals surface area (Å²) in [5.41, 5.74) is -3.81. The summed E-state index contributed by atoms with van der Waals surface area (Å²) in [6, 6.07) is -2.17. The van der Waals surface area contributed by atoms with E-state index < -0.39 is 35.7 Å². The molecular weight excluding hydrogens is 252 g/mol. The molecule has 3 N–H and O–H groups in total. The Kier molecular flexibility index (Phi) is 5.03. The minimum Gasteiger partial charge on any atom is -0.480 e. The van der Waals surface area contributed by atoms with Gasteiger partial charge in [0.1, 0.15) is 5.60 Å². The number of ether oxygens (including phenoxy) is 1. The first-order valence-corrected chi connectivity index (χ1v) is 5.10. The molecule has 0 heterocycles. The zero-order valence-corrected chi connectivity index (χ0v) is 10.5. The number of halogens is 2. The van der Waals surface area contributed by atoms with Gasteiger partial charge in [-0.15, -0.1) is 0 Å². The summed E-state index contributed by atoms with van der Waals surface area (Å²) in [5, 5.41) is 19.8. The van der Waals surface area contributed by atoms with Gasteiger partial charge >= 0.3 is 12.1 Å². The molecule has 0 aliphatic rings. The molecule has 2 atom stereocenters. The first kappa shape index (κ1) is 16.6. The molecule has 106 valence electrons. The van der Waals surface area contributed by atoms with Crippen LogP contribution in [0.3, 0.4) is 0 Å². The van der Waals surface area contributed by atoms with Crippen LogP contribution in [0, 0.1) is 0 Å². The van der Waals surface area contributed by atoms with Gasteiger partial charge in [0.05, 0.1) is 0 Å². The van der Waals surface area contributed by atoms with Crippen LogP contribution in [0.15, 0.2) is 0 Å². The molecular formula is C10H17F2NO5. The van der Waals surface area contributed by atoms with Crippen molar-refractivity contribution in [2.75, 3.05) is 0 Å². The molecule has 0 bridgehead atoms. The summed E-state index contributed by atoms with van der Waals surface area (Å²) in [7, 11) is 0. The van der Waals surface area contributed by atoms with Crippen LogP contribution in [0.5, 0.6) is 0 Å². The summed E-state index contributed by atoms with van der Waals surface area (Å²) in [6.07, 6.45) is -4.54. The number of alkyl carbamates (subject to hydrolysis) is 1. The standard InChI is InChI=1S/C10H17F2NO5/c1-9(2,3)18-8(16)13-5(6(14)15)10(4,17)7(11)12/h5,7,17H,1-4H3,(H,13,16)(H,14,15). The van der Waals surface area contributed by atoms with Crippen molar-refractivity contribution in [3.05, 3.63) is 0 Å². The number of hydrogen-bond acceptors (Lipinski definition) is 4. The molecule has 0 aliphatic carbocycles. The van der Waals surface area contributed by atoms with Crippen molar-refractivity contribution in [2.24, 2.45) is 0 Å². The van der Waals surface area contributed by atoms with E-state index in [4.69, 9.17) is 9.84 Å². The predicted octanol–water partition coefficient (Wildman–Crippen LogP) is 0.980. The van der Waals surface area contributed by atoms with E-state index in [9.17, 15) is 23.5 Å². The number of aliphatic hydroxyl groups is 1. The van der Waals surface area contributed by atoms with Crippen LogP contribution >= 0.6 is 0 Å². The second-order valence-electron chi connectivity index (χ2n) is 4.94. The maximum atomic E-state index is 12.5. The number of carbonyl (C=O) groups is 2. The second-order valence-corrected chi connectivity index (χ2v) is 4.94. The Morgan fingerprint density at radius 3 is 1.94 bits per heavy atom. The number of carboxylic acids is 1. The van der Waals surface area contributed by atoms with E-state index in [0.717, 1.165) is 0 Å². The van der Waals surface area contributed by atoms with Crippen LogP contribution < -0.4 is 5.32 Å². The van der Waals surface area contributed by atoms with E-state index in [-0.39, 0.29) is 0 Å². The van der Waals surface area contributed by atoms with Gasteiger partial charge in [-0.25, -0.2) is 18.4 Å². The Bertz CT molecular complexity index is 325. The minimum absolute atomic E-state index is 0.619. The quantitative estimate of drug-likeness (QED) is 0.707. The Morgan fingerprint density at radius 1 is 1.22 bits per heavy atom. The van der Waals surface area contributed by atoms with E-state index in [1.807, 2.05) is 0 Å². The van der Waals surface area contributed by atoms with Crippen LogP contribution in [0.25, 0.3) is 0 Å². The fourth-order valence-corrected chi connectivity index (χ4v) is 1.01. The van der Waals surface area contributed by atoms with Gasteiger partial charge in [0.2, 0.25) is 0 Å². The highest BCUT2D eigenvalue weighted by Gasteiger charge is 2.46. The number of rotatable bonds is 4. The smallest absolute Gasteiger partial charge is 0.408 e. The van der Waals surface area contributed by atoms with Gasteiger partial charge in [0.25, 0.3) is 6.43 Å². The molecule has 8 heteroatoms. The fourth-order valence-electron chi connectivity index (χ4n) is 1.01. The first-order chi connectivity index (χ1) is 7.88. The van der Waals surface area contributed by atoms with E-state index in [1.54, 1.807) is 5.32 Å². The average Bonchev–Trinajstić information content (AvgIpc) is 2.10. The maximum Gasteiger partial charge on any atom is 0.408 e. The van der Waals surface area contributed by atoms with Gasteiger partial charge in [-0.1, -0.05) is 0 Å². The van der Waals surface area contributed by atoms with E-state index in [1.165, 1.54) is 20.8 Å². The van der Waals surface area contributed by atoms with Gasteiger partial charge in [0.15, 0.2) is 11.6 Å². The number of nitrogens with one attached hydrogen (secondary N) is 1. The third-order valence-corrected chi connectivity index (χ3v) is 1.93. The summed E-state index contributed by atoms with van der Waals surface area (Å²) in [5.74, 6) is -1.79. The number of hydrogen-bond donors (Lipinski definition) is 3. The fraction of sp³-hybridized carbons (Fsp3) is 0.800. The number of carboxylic acid groups (broad SMARTS) is 1. The average molecular weight is 269 g/mol. The highest BCUT2D eigenvalue weighted by atomic mass is 19.3. The van der Waals surface area contributed by atoms with E-state index >= 15 is 0 Å². The number of alkyl halides is 2. The zero-order chi connectivity index (χ0) is 14.7. The molecule has 0 aromatic rings. The zero-order valence-electron chi connectivity index (χ0n) is 10.5. The molecule has 0 aromatic carbocycles. The topological polar surface area (TPSA) is 95.9 Å². The van der Waals surface area contributed by atoms with Crippen molar-refractivity contribution in [3.63, 3.8) is 0 Å². The largest absolute Gasteiger partial charge is 0.480 e. The number of amides is 1. The molecule has 0 aliphatic heterocycles. The summed E-state index contributed by atoms with van der Waals surface area (Å²) < 4.78 is 29.7. The molecule has 0 spiro atoms. The summed E-state index contributed by atoms with van der Waals surface area (Å²) >= 11 is 0. The second kappa shape index (κ2) is 5.47. The van der Waals surface area contributed by atoms with Crippen molar-refractivity contribution < 1.29 is 33.3 Å². The molecule has 0 saturated heterocycles. The predicted molar refractivity (Wildman–Crippen MR) is 57.4 cm³/mol. The number of aliphatic carboxylic acids is 1. The SMILES string of the molecule is CC(C)(C)OC(=O)NC(C(=O)O)C(C)(O)C(F)F. The molecule has 18 heavy (non-hydrogen) atoms. The van der Waals surface area contributed by atoms with Gasteiger partial charge in [-0.3, -0.25) is 0 Å². The van der Waals surface area contributed by atoms with Crippen molar-refractivity contribution in [1.82, 2.24) is 5.32 Å². The Morgan fingerprint density at radius 2 is 1.67 bits per heavy atom.